The molecule has 0 aliphatic heterocycles. The number of rotatable bonds is 10. The predicted octanol–water partition coefficient (Wildman–Crippen LogP) is 2.47. The molecule has 36 heavy (non-hydrogen) atoms. The van der Waals surface area contributed by atoms with Crippen molar-refractivity contribution in [1.29, 1.82) is 0 Å². The molecule has 190 valence electrons. The Kier molecular flexibility index (Phi) is 7.15. The summed E-state index contributed by atoms with van der Waals surface area (Å²) < 4.78 is 56.5. The third-order valence-corrected chi connectivity index (χ3v) is 7.08. The lowest BCUT2D eigenvalue weighted by Crippen LogP contribution is -2.29. The van der Waals surface area contributed by atoms with Crippen molar-refractivity contribution in [2.75, 3.05) is 18.9 Å². The lowest BCUT2D eigenvalue weighted by Gasteiger charge is -2.18. The van der Waals surface area contributed by atoms with Gasteiger partial charge in [0.15, 0.2) is 11.6 Å². The first-order valence-corrected chi connectivity index (χ1v) is 12.5. The number of aryl methyl sites for hydroxylation is 1. The quantitative estimate of drug-likeness (QED) is 0.337. The second-order valence-electron chi connectivity index (χ2n) is 7.73. The van der Waals surface area contributed by atoms with Crippen LogP contribution in [0.3, 0.4) is 0 Å². The molecule has 1 unspecified atom stereocenters. The SMILES string of the molecule is CCn1ccc(-c2nnc(NS(=O)(=O)C(C)Cc3ncc(F)cn3)n2-c2c(OC)cccc2OC)n1. The van der Waals surface area contributed by atoms with E-state index in [0.717, 1.165) is 12.4 Å². The molecule has 14 heteroatoms. The summed E-state index contributed by atoms with van der Waals surface area (Å²) >= 11 is 0. The summed E-state index contributed by atoms with van der Waals surface area (Å²) in [5, 5.41) is 11.9. The molecule has 1 aromatic carbocycles. The van der Waals surface area contributed by atoms with Crippen LogP contribution < -0.4 is 14.2 Å². The van der Waals surface area contributed by atoms with Crippen LogP contribution in [0.25, 0.3) is 17.2 Å². The van der Waals surface area contributed by atoms with Crippen molar-refractivity contribution in [2.45, 2.75) is 32.1 Å². The second kappa shape index (κ2) is 10.3. The van der Waals surface area contributed by atoms with Crippen molar-refractivity contribution in [2.24, 2.45) is 0 Å². The summed E-state index contributed by atoms with van der Waals surface area (Å²) in [5.74, 6) is 0.567. The van der Waals surface area contributed by atoms with E-state index >= 15 is 0 Å². The van der Waals surface area contributed by atoms with Gasteiger partial charge >= 0.3 is 0 Å². The minimum Gasteiger partial charge on any atom is -0.494 e. The summed E-state index contributed by atoms with van der Waals surface area (Å²) in [6, 6.07) is 6.91. The molecule has 0 bridgehead atoms. The van der Waals surface area contributed by atoms with Crippen LogP contribution in [-0.4, -0.2) is 62.4 Å². The number of halogens is 1. The number of benzene rings is 1. The van der Waals surface area contributed by atoms with E-state index in [1.54, 1.807) is 35.1 Å². The molecule has 3 heterocycles. The predicted molar refractivity (Wildman–Crippen MR) is 129 cm³/mol. The zero-order valence-corrected chi connectivity index (χ0v) is 20.9. The Bertz CT molecular complexity index is 1430. The number of hydrogen-bond acceptors (Lipinski definition) is 9. The van der Waals surface area contributed by atoms with Crippen LogP contribution >= 0.6 is 0 Å². The molecule has 0 aliphatic carbocycles. The lowest BCUT2D eigenvalue weighted by atomic mass is 10.2. The molecule has 1 N–H and O–H groups in total. The van der Waals surface area contributed by atoms with Gasteiger partial charge in [-0.25, -0.2) is 22.8 Å². The van der Waals surface area contributed by atoms with Crippen molar-refractivity contribution in [3.8, 4) is 28.7 Å². The van der Waals surface area contributed by atoms with Gasteiger partial charge in [-0.3, -0.25) is 14.0 Å². The van der Waals surface area contributed by atoms with Crippen molar-refractivity contribution >= 4 is 16.0 Å². The van der Waals surface area contributed by atoms with Crippen LogP contribution in [0.4, 0.5) is 10.3 Å². The van der Waals surface area contributed by atoms with Gasteiger partial charge in [-0.15, -0.1) is 10.2 Å². The summed E-state index contributed by atoms with van der Waals surface area (Å²) in [6.45, 7) is 4.06. The van der Waals surface area contributed by atoms with Gasteiger partial charge in [0, 0.05) is 19.2 Å². The molecular formula is C22H25FN8O4S. The number of sulfonamides is 1. The molecule has 12 nitrogen and oxygen atoms in total. The van der Waals surface area contributed by atoms with E-state index < -0.39 is 21.1 Å². The van der Waals surface area contributed by atoms with Gasteiger partial charge in [0.25, 0.3) is 0 Å². The topological polar surface area (TPSA) is 139 Å². The van der Waals surface area contributed by atoms with Gasteiger partial charge in [-0.2, -0.15) is 5.10 Å². The van der Waals surface area contributed by atoms with Crippen LogP contribution in [-0.2, 0) is 23.0 Å². The number of hydrogen-bond donors (Lipinski definition) is 1. The van der Waals surface area contributed by atoms with E-state index in [2.05, 4.69) is 30.0 Å². The maximum atomic E-state index is 13.3. The van der Waals surface area contributed by atoms with Gasteiger partial charge in [0.1, 0.15) is 28.7 Å². The third kappa shape index (κ3) is 4.98. The number of para-hydroxylation sites is 1. The standard InChI is InChI=1S/C22H25FN8O4S/c1-5-30-10-9-16(28-30)21-26-27-22(31(21)20-17(34-3)7-6-8-18(20)35-4)29-36(32,33)14(2)11-19-24-12-15(23)13-25-19/h6-10,12-14H,5,11H2,1-4H3,(H,27,29). The van der Waals surface area contributed by atoms with Gasteiger partial charge in [-0.1, -0.05) is 6.07 Å². The van der Waals surface area contributed by atoms with Crippen LogP contribution in [0.1, 0.15) is 19.7 Å². The zero-order valence-electron chi connectivity index (χ0n) is 20.1. The van der Waals surface area contributed by atoms with Crippen LogP contribution in [0, 0.1) is 5.82 Å². The Labute approximate surface area is 207 Å². The normalized spacial score (nSPS) is 12.4. The van der Waals surface area contributed by atoms with E-state index in [-0.39, 0.29) is 24.0 Å². The molecule has 4 aromatic rings. The Balaban J connectivity index is 1.79. The molecule has 0 aliphatic rings. The fraction of sp³-hybridized carbons (Fsp3) is 0.318. The smallest absolute Gasteiger partial charge is 0.243 e. The van der Waals surface area contributed by atoms with Crippen LogP contribution in [0.15, 0.2) is 42.9 Å². The fourth-order valence-corrected chi connectivity index (χ4v) is 4.43. The molecule has 0 saturated carbocycles. The number of anilines is 1. The Morgan fingerprint density at radius 3 is 2.33 bits per heavy atom. The number of aromatic nitrogens is 7. The maximum Gasteiger partial charge on any atom is 0.243 e. The highest BCUT2D eigenvalue weighted by atomic mass is 32.2. The summed E-state index contributed by atoms with van der Waals surface area (Å²) in [4.78, 5) is 7.70. The van der Waals surface area contributed by atoms with Crippen molar-refractivity contribution in [1.82, 2.24) is 34.5 Å². The molecule has 0 spiro atoms. The summed E-state index contributed by atoms with van der Waals surface area (Å²) in [6.07, 6.45) is 3.71. The lowest BCUT2D eigenvalue weighted by molar-refractivity contribution is 0.391. The van der Waals surface area contributed by atoms with Crippen molar-refractivity contribution < 1.29 is 22.3 Å². The Hall–Kier alpha value is -4.07. The minimum atomic E-state index is -4.01. The van der Waals surface area contributed by atoms with E-state index in [9.17, 15) is 12.8 Å². The average molecular weight is 517 g/mol. The summed E-state index contributed by atoms with van der Waals surface area (Å²) in [5.41, 5.74) is 0.858. The molecule has 0 fully saturated rings. The van der Waals surface area contributed by atoms with Crippen molar-refractivity contribution in [3.05, 3.63) is 54.5 Å². The third-order valence-electron chi connectivity index (χ3n) is 5.39. The zero-order chi connectivity index (χ0) is 25.9. The van der Waals surface area contributed by atoms with Crippen molar-refractivity contribution in [3.63, 3.8) is 0 Å². The molecule has 0 radical (unpaired) electrons. The highest BCUT2D eigenvalue weighted by molar-refractivity contribution is 7.93. The highest BCUT2D eigenvalue weighted by Crippen LogP contribution is 2.37. The second-order valence-corrected chi connectivity index (χ2v) is 9.83. The van der Waals surface area contributed by atoms with E-state index in [1.165, 1.54) is 25.7 Å². The highest BCUT2D eigenvalue weighted by Gasteiger charge is 2.29. The largest absolute Gasteiger partial charge is 0.494 e. The van der Waals surface area contributed by atoms with Crippen LogP contribution in [0.2, 0.25) is 0 Å². The fourth-order valence-electron chi connectivity index (χ4n) is 3.48. The number of methoxy groups -OCH3 is 2. The molecule has 3 aromatic heterocycles. The molecule has 1 atom stereocenters. The first-order valence-electron chi connectivity index (χ1n) is 11.0. The van der Waals surface area contributed by atoms with E-state index in [0.29, 0.717) is 29.4 Å². The summed E-state index contributed by atoms with van der Waals surface area (Å²) in [7, 11) is -1.04. The maximum absolute atomic E-state index is 13.3. The molecular weight excluding hydrogens is 491 g/mol. The Morgan fingerprint density at radius 2 is 1.75 bits per heavy atom. The first-order chi connectivity index (χ1) is 17.3. The number of ether oxygens (including phenoxy) is 2. The number of nitrogens with one attached hydrogen (secondary N) is 1. The molecule has 0 amide bonds. The van der Waals surface area contributed by atoms with Gasteiger partial charge < -0.3 is 9.47 Å². The molecule has 4 rings (SSSR count). The van der Waals surface area contributed by atoms with Gasteiger partial charge in [-0.05, 0) is 32.0 Å². The first kappa shape index (κ1) is 25.0. The monoisotopic (exact) mass is 516 g/mol. The van der Waals surface area contributed by atoms with E-state index in [1.807, 2.05) is 6.92 Å². The van der Waals surface area contributed by atoms with Crippen LogP contribution in [0.5, 0.6) is 11.5 Å². The average Bonchev–Trinajstić information content (AvgIpc) is 3.51. The Morgan fingerprint density at radius 1 is 1.08 bits per heavy atom. The van der Waals surface area contributed by atoms with E-state index in [4.69, 9.17) is 9.47 Å². The minimum absolute atomic E-state index is 0.0461. The van der Waals surface area contributed by atoms with Gasteiger partial charge in [0.05, 0.1) is 31.9 Å². The number of nitrogens with zero attached hydrogens (tertiary/aromatic N) is 7. The van der Waals surface area contributed by atoms with Gasteiger partial charge in [0.2, 0.25) is 16.0 Å². The molecule has 0 saturated heterocycles.